The summed E-state index contributed by atoms with van der Waals surface area (Å²) in [6.45, 7) is 0. The molecule has 27 heavy (non-hydrogen) atoms. The summed E-state index contributed by atoms with van der Waals surface area (Å²) < 4.78 is 51.3. The van der Waals surface area contributed by atoms with Gasteiger partial charge in [-0.05, 0) is 48.2 Å². The molecule has 0 aliphatic carbocycles. The van der Waals surface area contributed by atoms with Crippen LogP contribution in [0.2, 0.25) is 0 Å². The van der Waals surface area contributed by atoms with E-state index in [2.05, 4.69) is 11.2 Å². The van der Waals surface area contributed by atoms with Crippen LogP contribution in [0.4, 0.5) is 8.78 Å². The molecule has 0 aromatic heterocycles. The monoisotopic (exact) mass is 402 g/mol. The van der Waals surface area contributed by atoms with Crippen LogP contribution in [-0.4, -0.2) is 19.3 Å². The number of rotatable bonds is 5. The van der Waals surface area contributed by atoms with Crippen molar-refractivity contribution in [3.8, 4) is 23.3 Å². The van der Waals surface area contributed by atoms with Crippen LogP contribution in [0.5, 0.6) is 0 Å². The van der Waals surface area contributed by atoms with E-state index < -0.39 is 33.2 Å². The molecular formula is C19H12F2N2O2S2. The molecule has 0 N–H and O–H groups in total. The lowest BCUT2D eigenvalue weighted by Crippen LogP contribution is -2.09. The first-order valence-corrected chi connectivity index (χ1v) is 10.4. The Hall–Kier alpha value is -2.86. The molecule has 0 fully saturated rings. The van der Waals surface area contributed by atoms with E-state index in [9.17, 15) is 17.2 Å². The second-order valence-corrected chi connectivity index (χ2v) is 8.43. The number of benzene rings is 2. The molecule has 0 radical (unpaired) electrons. The van der Waals surface area contributed by atoms with Gasteiger partial charge < -0.3 is 0 Å². The fourth-order valence-corrected chi connectivity index (χ4v) is 4.38. The Bertz CT molecular complexity index is 1060. The van der Waals surface area contributed by atoms with Crippen LogP contribution < -0.4 is 0 Å². The number of hydrogen-bond acceptors (Lipinski definition) is 4. The van der Waals surface area contributed by atoms with Crippen LogP contribution in [0.3, 0.4) is 0 Å². The molecule has 0 amide bonds. The molecule has 0 saturated carbocycles. The molecule has 4 nitrogen and oxygen atoms in total. The van der Waals surface area contributed by atoms with Crippen molar-refractivity contribution in [1.29, 1.82) is 10.5 Å². The lowest BCUT2D eigenvalue weighted by Gasteiger charge is -2.03. The molecule has 2 aromatic rings. The third-order valence-electron chi connectivity index (χ3n) is 3.42. The van der Waals surface area contributed by atoms with Crippen molar-refractivity contribution < 1.29 is 17.2 Å². The van der Waals surface area contributed by atoms with E-state index in [1.54, 1.807) is 6.07 Å². The highest BCUT2D eigenvalue weighted by atomic mass is 32.2. The predicted octanol–water partition coefficient (Wildman–Crippen LogP) is 2.71. The van der Waals surface area contributed by atoms with E-state index in [0.29, 0.717) is 5.56 Å². The second-order valence-electron chi connectivity index (χ2n) is 5.31. The summed E-state index contributed by atoms with van der Waals surface area (Å²) in [5.41, 5.74) is 0.658. The highest BCUT2D eigenvalue weighted by Crippen LogP contribution is 2.11. The second kappa shape index (κ2) is 9.73. The number of halogens is 2. The van der Waals surface area contributed by atoms with Gasteiger partial charge in [-0.3, -0.25) is 4.21 Å². The van der Waals surface area contributed by atoms with Crippen LogP contribution in [0, 0.1) is 45.5 Å². The fraction of sp³-hybridized carbons (Fsp3) is 0.158. The summed E-state index contributed by atoms with van der Waals surface area (Å²) in [5.74, 6) is 1.24. The average molecular weight is 402 g/mol. The minimum atomic E-state index is -1.76. The third-order valence-corrected chi connectivity index (χ3v) is 6.31. The Morgan fingerprint density at radius 1 is 0.926 bits per heavy atom. The van der Waals surface area contributed by atoms with Gasteiger partial charge in [-0.15, -0.1) is 0 Å². The maximum absolute atomic E-state index is 13.8. The zero-order chi connectivity index (χ0) is 19.8. The Morgan fingerprint density at radius 2 is 1.56 bits per heavy atom. The lowest BCUT2D eigenvalue weighted by atomic mass is 10.1. The topological polar surface area (TPSA) is 81.7 Å². The van der Waals surface area contributed by atoms with Gasteiger partial charge in [0.1, 0.15) is 27.5 Å². The third kappa shape index (κ3) is 6.11. The minimum Gasteiger partial charge on any atom is -0.259 e. The lowest BCUT2D eigenvalue weighted by molar-refractivity contribution is 0.611. The normalized spacial score (nSPS) is 12.1. The van der Waals surface area contributed by atoms with Crippen molar-refractivity contribution in [3.05, 3.63) is 70.3 Å². The van der Waals surface area contributed by atoms with E-state index >= 15 is 0 Å². The van der Waals surface area contributed by atoms with Gasteiger partial charge in [0, 0.05) is 21.8 Å². The highest BCUT2D eigenvalue weighted by Gasteiger charge is 2.09. The molecular weight excluding hydrogens is 390 g/mol. The summed E-state index contributed by atoms with van der Waals surface area (Å²) in [4.78, 5) is 0. The van der Waals surface area contributed by atoms with Crippen LogP contribution in [0.15, 0.2) is 36.4 Å². The molecule has 2 unspecified atom stereocenters. The van der Waals surface area contributed by atoms with Gasteiger partial charge in [0.15, 0.2) is 0 Å². The van der Waals surface area contributed by atoms with Crippen molar-refractivity contribution in [2.24, 2.45) is 0 Å². The summed E-state index contributed by atoms with van der Waals surface area (Å²) in [6.07, 6.45) is 0.166. The van der Waals surface area contributed by atoms with Gasteiger partial charge in [-0.1, -0.05) is 6.07 Å². The van der Waals surface area contributed by atoms with E-state index in [1.165, 1.54) is 24.3 Å². The Morgan fingerprint density at radius 3 is 2.15 bits per heavy atom. The largest absolute Gasteiger partial charge is 0.259 e. The van der Waals surface area contributed by atoms with E-state index in [4.69, 9.17) is 10.5 Å². The zero-order valence-electron chi connectivity index (χ0n) is 13.9. The number of hydrogen-bond donors (Lipinski definition) is 0. The Kier molecular flexibility index (Phi) is 7.37. The van der Waals surface area contributed by atoms with Crippen molar-refractivity contribution in [1.82, 2.24) is 0 Å². The van der Waals surface area contributed by atoms with Gasteiger partial charge in [0.05, 0.1) is 28.8 Å². The van der Waals surface area contributed by atoms with Crippen molar-refractivity contribution in [2.45, 2.75) is 6.42 Å². The quantitative estimate of drug-likeness (QED) is 0.720. The first kappa shape index (κ1) is 20.5. The van der Waals surface area contributed by atoms with Crippen molar-refractivity contribution in [2.75, 3.05) is 10.8 Å². The number of nitriles is 2. The first-order chi connectivity index (χ1) is 12.9. The van der Waals surface area contributed by atoms with E-state index in [0.717, 1.165) is 12.1 Å². The van der Waals surface area contributed by atoms with Crippen LogP contribution in [0.1, 0.15) is 22.3 Å². The molecule has 0 spiro atoms. The molecule has 0 aliphatic heterocycles. The summed E-state index contributed by atoms with van der Waals surface area (Å²) in [7, 11) is -3.27. The van der Waals surface area contributed by atoms with Gasteiger partial charge >= 0.3 is 0 Å². The molecule has 0 bridgehead atoms. The maximum Gasteiger partial charge on any atom is 0.140 e. The SMILES string of the molecule is N#Cc1ccc(C#CS(=O)CS(=O)CCc2ccc(C#N)cc2F)c(F)c1. The van der Waals surface area contributed by atoms with Crippen molar-refractivity contribution >= 4 is 21.6 Å². The van der Waals surface area contributed by atoms with Gasteiger partial charge in [-0.25, -0.2) is 13.0 Å². The first-order valence-electron chi connectivity index (χ1n) is 7.56. The fourth-order valence-electron chi connectivity index (χ4n) is 2.05. The minimum absolute atomic E-state index is 0.00668. The van der Waals surface area contributed by atoms with Crippen LogP contribution >= 0.6 is 0 Å². The summed E-state index contributed by atoms with van der Waals surface area (Å²) in [5, 5.41) is 19.5. The summed E-state index contributed by atoms with van der Waals surface area (Å²) >= 11 is 0. The van der Waals surface area contributed by atoms with Crippen LogP contribution in [0.25, 0.3) is 0 Å². The Labute approximate surface area is 160 Å². The maximum atomic E-state index is 13.8. The zero-order valence-corrected chi connectivity index (χ0v) is 15.5. The summed E-state index contributed by atoms with van der Waals surface area (Å²) in [6, 6.07) is 11.4. The molecule has 136 valence electrons. The highest BCUT2D eigenvalue weighted by molar-refractivity contribution is 8.04. The average Bonchev–Trinajstić information content (AvgIpc) is 2.65. The molecule has 0 aliphatic rings. The Balaban J connectivity index is 1.92. The molecule has 0 heterocycles. The van der Waals surface area contributed by atoms with Crippen molar-refractivity contribution in [3.63, 3.8) is 0 Å². The van der Waals surface area contributed by atoms with Gasteiger partial charge in [0.2, 0.25) is 0 Å². The molecule has 2 atom stereocenters. The standard InChI is InChI=1S/C19H12F2N2O2S2/c20-18-9-14(11-22)1-3-16(18)5-7-26(24)13-27(25)8-6-17-4-2-15(12-23)10-19(17)21/h1-4,9-10H,5,7,13H2. The van der Waals surface area contributed by atoms with Gasteiger partial charge in [-0.2, -0.15) is 10.5 Å². The predicted molar refractivity (Wildman–Crippen MR) is 98.8 cm³/mol. The van der Waals surface area contributed by atoms with Gasteiger partial charge in [0.25, 0.3) is 0 Å². The molecule has 2 rings (SSSR count). The number of aryl methyl sites for hydroxylation is 1. The van der Waals surface area contributed by atoms with E-state index in [-0.39, 0.29) is 33.9 Å². The number of nitrogens with zero attached hydrogens (tertiary/aromatic N) is 2. The molecule has 8 heteroatoms. The molecule has 0 saturated heterocycles. The van der Waals surface area contributed by atoms with E-state index in [1.807, 2.05) is 6.07 Å². The van der Waals surface area contributed by atoms with Crippen LogP contribution in [-0.2, 0) is 28.0 Å². The molecule has 2 aromatic carbocycles. The smallest absolute Gasteiger partial charge is 0.140 e.